The summed E-state index contributed by atoms with van der Waals surface area (Å²) in [5.41, 5.74) is 2.73. The van der Waals surface area contributed by atoms with E-state index in [1.165, 1.54) is 17.7 Å². The molecule has 0 saturated carbocycles. The number of anilines is 2. The fourth-order valence-corrected chi connectivity index (χ4v) is 4.30. The second-order valence-electron chi connectivity index (χ2n) is 8.17. The molecule has 5 rings (SSSR count). The highest BCUT2D eigenvalue weighted by Crippen LogP contribution is 2.28. The number of hydrogen-bond acceptors (Lipinski definition) is 6. The van der Waals surface area contributed by atoms with E-state index in [0.29, 0.717) is 23.3 Å². The van der Waals surface area contributed by atoms with Gasteiger partial charge in [-0.2, -0.15) is 0 Å². The number of aromatic nitrogens is 3. The molecule has 2 aromatic heterocycles. The maximum atomic E-state index is 14.4. The number of rotatable bonds is 6. The van der Waals surface area contributed by atoms with Gasteiger partial charge in [-0.1, -0.05) is 24.3 Å². The van der Waals surface area contributed by atoms with Gasteiger partial charge >= 0.3 is 0 Å². The van der Waals surface area contributed by atoms with Crippen molar-refractivity contribution in [1.82, 2.24) is 25.2 Å². The minimum atomic E-state index is -0.449. The third kappa shape index (κ3) is 4.76. The van der Waals surface area contributed by atoms with E-state index in [9.17, 15) is 9.18 Å². The number of hydrogen-bond donors (Lipinski definition) is 2. The summed E-state index contributed by atoms with van der Waals surface area (Å²) < 4.78 is 14.4. The fourth-order valence-electron chi connectivity index (χ4n) is 4.30. The van der Waals surface area contributed by atoms with Gasteiger partial charge in [-0.25, -0.2) is 9.37 Å². The van der Waals surface area contributed by atoms with Crippen LogP contribution in [0, 0.1) is 5.82 Å². The lowest BCUT2D eigenvalue weighted by Gasteiger charge is -2.28. The first-order chi connectivity index (χ1) is 16.2. The Morgan fingerprint density at radius 3 is 2.73 bits per heavy atom. The van der Waals surface area contributed by atoms with E-state index >= 15 is 0 Å². The molecule has 3 heterocycles. The average Bonchev–Trinajstić information content (AvgIpc) is 2.84. The lowest BCUT2D eigenvalue weighted by atomic mass is 10.1. The summed E-state index contributed by atoms with van der Waals surface area (Å²) in [7, 11) is 0. The molecule has 1 fully saturated rings. The number of halogens is 1. The standard InChI is InChI=1S/C25H25FN6O/c26-22-6-2-5-21-19(14-24(33)30-25(21)22)17-32(23-15-28-7-8-29-23)20-4-1-3-18(13-20)16-31-11-9-27-10-12-31/h1-8,13-15,27H,9-12,16-17H2,(H,30,33). The van der Waals surface area contributed by atoms with Crippen molar-refractivity contribution in [2.24, 2.45) is 0 Å². The van der Waals surface area contributed by atoms with Crippen molar-refractivity contribution in [3.05, 3.63) is 94.4 Å². The fraction of sp³-hybridized carbons (Fsp3) is 0.240. The van der Waals surface area contributed by atoms with Crippen molar-refractivity contribution in [1.29, 1.82) is 0 Å². The number of piperazine rings is 1. The predicted molar refractivity (Wildman–Crippen MR) is 127 cm³/mol. The van der Waals surface area contributed by atoms with Crippen LogP contribution in [0.1, 0.15) is 11.1 Å². The summed E-state index contributed by atoms with van der Waals surface area (Å²) in [6.45, 7) is 5.24. The van der Waals surface area contributed by atoms with Crippen LogP contribution in [0.25, 0.3) is 10.9 Å². The second kappa shape index (κ2) is 9.48. The Balaban J connectivity index is 1.53. The monoisotopic (exact) mass is 444 g/mol. The molecule has 1 aliphatic rings. The number of para-hydroxylation sites is 1. The molecule has 7 nitrogen and oxygen atoms in total. The molecule has 0 atom stereocenters. The second-order valence-corrected chi connectivity index (χ2v) is 8.17. The van der Waals surface area contributed by atoms with Gasteiger partial charge in [0.1, 0.15) is 5.82 Å². The third-order valence-corrected chi connectivity index (χ3v) is 5.91. The van der Waals surface area contributed by atoms with E-state index in [1.54, 1.807) is 24.7 Å². The molecule has 4 aromatic rings. The SMILES string of the molecule is O=c1cc(CN(c2cccc(CN3CCNCC3)c2)c2cnccn2)c2cccc(F)c2[nH]1. The molecule has 0 bridgehead atoms. The van der Waals surface area contributed by atoms with Gasteiger partial charge < -0.3 is 15.2 Å². The normalized spacial score (nSPS) is 14.5. The van der Waals surface area contributed by atoms with Crippen molar-refractivity contribution >= 4 is 22.4 Å². The first-order valence-corrected chi connectivity index (χ1v) is 11.0. The zero-order valence-corrected chi connectivity index (χ0v) is 18.2. The molecule has 0 radical (unpaired) electrons. The van der Waals surface area contributed by atoms with Crippen molar-refractivity contribution in [3.63, 3.8) is 0 Å². The minimum absolute atomic E-state index is 0.214. The molecule has 0 amide bonds. The van der Waals surface area contributed by atoms with Gasteiger partial charge in [-0.3, -0.25) is 14.7 Å². The molecular weight excluding hydrogens is 419 g/mol. The van der Waals surface area contributed by atoms with Gasteiger partial charge in [0.15, 0.2) is 5.82 Å². The quantitative estimate of drug-likeness (QED) is 0.476. The van der Waals surface area contributed by atoms with Crippen LogP contribution >= 0.6 is 0 Å². The molecule has 33 heavy (non-hydrogen) atoms. The molecule has 0 spiro atoms. The van der Waals surface area contributed by atoms with E-state index in [1.807, 2.05) is 23.1 Å². The van der Waals surface area contributed by atoms with Gasteiger partial charge in [0.05, 0.1) is 18.3 Å². The van der Waals surface area contributed by atoms with Gasteiger partial charge in [0.2, 0.25) is 5.56 Å². The Hall–Kier alpha value is -3.62. The number of pyridine rings is 1. The summed E-state index contributed by atoms with van der Waals surface area (Å²) in [4.78, 5) is 28.1. The van der Waals surface area contributed by atoms with Crippen LogP contribution in [0.5, 0.6) is 0 Å². The van der Waals surface area contributed by atoms with Crippen molar-refractivity contribution < 1.29 is 4.39 Å². The van der Waals surface area contributed by atoms with Gasteiger partial charge in [0.25, 0.3) is 0 Å². The molecule has 0 aliphatic carbocycles. The Labute approximate surface area is 190 Å². The van der Waals surface area contributed by atoms with Crippen LogP contribution in [-0.4, -0.2) is 46.0 Å². The highest BCUT2D eigenvalue weighted by Gasteiger charge is 2.17. The predicted octanol–water partition coefficient (Wildman–Crippen LogP) is 3.20. The smallest absolute Gasteiger partial charge is 0.248 e. The molecule has 8 heteroatoms. The zero-order chi connectivity index (χ0) is 22.6. The largest absolute Gasteiger partial charge is 0.321 e. The van der Waals surface area contributed by atoms with Crippen LogP contribution in [0.15, 0.2) is 71.9 Å². The van der Waals surface area contributed by atoms with E-state index in [4.69, 9.17) is 0 Å². The maximum absolute atomic E-state index is 14.4. The molecule has 1 saturated heterocycles. The van der Waals surface area contributed by atoms with Gasteiger partial charge in [-0.15, -0.1) is 0 Å². The molecule has 1 aliphatic heterocycles. The molecular formula is C25H25FN6O. The first kappa shape index (κ1) is 21.2. The number of fused-ring (bicyclic) bond motifs is 1. The minimum Gasteiger partial charge on any atom is -0.321 e. The average molecular weight is 445 g/mol. The Morgan fingerprint density at radius 1 is 1.06 bits per heavy atom. The number of aromatic amines is 1. The Morgan fingerprint density at radius 2 is 1.91 bits per heavy atom. The van der Waals surface area contributed by atoms with Gasteiger partial charge in [0, 0.05) is 62.3 Å². The van der Waals surface area contributed by atoms with Crippen LogP contribution in [0.4, 0.5) is 15.9 Å². The Kier molecular flexibility index (Phi) is 6.10. The molecule has 0 unspecified atom stereocenters. The zero-order valence-electron chi connectivity index (χ0n) is 18.2. The summed E-state index contributed by atoms with van der Waals surface area (Å²) in [5, 5.41) is 4.05. The number of benzene rings is 2. The summed E-state index contributed by atoms with van der Waals surface area (Å²) in [6.07, 6.45) is 4.96. The van der Waals surface area contributed by atoms with Crippen LogP contribution in [0.3, 0.4) is 0 Å². The first-order valence-electron chi connectivity index (χ1n) is 11.0. The number of nitrogens with zero attached hydrogens (tertiary/aromatic N) is 4. The summed E-state index contributed by atoms with van der Waals surface area (Å²) in [5.74, 6) is 0.206. The highest BCUT2D eigenvalue weighted by molar-refractivity contribution is 5.83. The van der Waals surface area contributed by atoms with Crippen LogP contribution < -0.4 is 15.8 Å². The van der Waals surface area contributed by atoms with E-state index in [2.05, 4.69) is 37.3 Å². The van der Waals surface area contributed by atoms with Crippen molar-refractivity contribution in [3.8, 4) is 0 Å². The number of nitrogens with one attached hydrogen (secondary N) is 2. The molecule has 2 N–H and O–H groups in total. The molecule has 168 valence electrons. The van der Waals surface area contributed by atoms with Crippen LogP contribution in [-0.2, 0) is 13.1 Å². The number of H-pyrrole nitrogens is 1. The summed E-state index contributed by atoms with van der Waals surface area (Å²) in [6, 6.07) is 14.7. The topological polar surface area (TPSA) is 77.2 Å². The maximum Gasteiger partial charge on any atom is 0.248 e. The third-order valence-electron chi connectivity index (χ3n) is 5.91. The van der Waals surface area contributed by atoms with Crippen molar-refractivity contribution in [2.45, 2.75) is 13.1 Å². The van der Waals surface area contributed by atoms with E-state index in [-0.39, 0.29) is 11.1 Å². The van der Waals surface area contributed by atoms with Crippen LogP contribution in [0.2, 0.25) is 0 Å². The lowest BCUT2D eigenvalue weighted by Crippen LogP contribution is -2.42. The van der Waals surface area contributed by atoms with E-state index in [0.717, 1.165) is 38.4 Å². The van der Waals surface area contributed by atoms with E-state index < -0.39 is 5.82 Å². The van der Waals surface area contributed by atoms with Crippen molar-refractivity contribution in [2.75, 3.05) is 31.1 Å². The van der Waals surface area contributed by atoms with Gasteiger partial charge in [-0.05, 0) is 29.3 Å². The highest BCUT2D eigenvalue weighted by atomic mass is 19.1. The summed E-state index contributed by atoms with van der Waals surface area (Å²) >= 11 is 0. The molecule has 2 aromatic carbocycles. The Bertz CT molecular complexity index is 1300. The lowest BCUT2D eigenvalue weighted by molar-refractivity contribution is 0.233.